The van der Waals surface area contributed by atoms with E-state index in [9.17, 15) is 10.1 Å². The Morgan fingerprint density at radius 1 is 1.13 bits per heavy atom. The molecule has 0 bridgehead atoms. The zero-order valence-corrected chi connectivity index (χ0v) is 18.3. The molecule has 0 spiro atoms. The number of nitro groups is 1. The molecule has 4 rings (SSSR count). The number of non-ortho nitro benzene ring substituents is 1. The van der Waals surface area contributed by atoms with Gasteiger partial charge >= 0.3 is 0 Å². The van der Waals surface area contributed by atoms with Crippen LogP contribution in [0.2, 0.25) is 0 Å². The fraction of sp³-hybridized carbons (Fsp3) is 0.417. The van der Waals surface area contributed by atoms with Crippen LogP contribution in [0.1, 0.15) is 49.7 Å². The van der Waals surface area contributed by atoms with Crippen LogP contribution in [0.15, 0.2) is 42.5 Å². The smallest absolute Gasteiger partial charge is 0.270 e. The van der Waals surface area contributed by atoms with E-state index in [1.807, 2.05) is 18.2 Å². The molecule has 0 atom stereocenters. The monoisotopic (exact) mass is 442 g/mol. The summed E-state index contributed by atoms with van der Waals surface area (Å²) in [6, 6.07) is 12.5. The van der Waals surface area contributed by atoms with Crippen LogP contribution >= 0.6 is 12.4 Å². The van der Waals surface area contributed by atoms with Crippen molar-refractivity contribution in [2.45, 2.75) is 56.1 Å². The molecule has 2 N–H and O–H groups in total. The molecule has 2 aliphatic rings. The lowest BCUT2D eigenvalue weighted by atomic mass is 9.62. The molecular formula is C24H27ClN2O4. The van der Waals surface area contributed by atoms with Crippen molar-refractivity contribution in [3.63, 3.8) is 0 Å². The van der Waals surface area contributed by atoms with E-state index in [0.29, 0.717) is 5.56 Å². The van der Waals surface area contributed by atoms with Gasteiger partial charge in [0.15, 0.2) is 11.5 Å². The van der Waals surface area contributed by atoms with E-state index in [1.165, 1.54) is 25.0 Å². The highest BCUT2D eigenvalue weighted by Crippen LogP contribution is 2.45. The minimum absolute atomic E-state index is 0. The summed E-state index contributed by atoms with van der Waals surface area (Å²) in [5, 5.41) is 11.0. The zero-order chi connectivity index (χ0) is 21.1. The maximum absolute atomic E-state index is 11.0. The highest BCUT2D eigenvalue weighted by atomic mass is 35.5. The van der Waals surface area contributed by atoms with E-state index in [-0.39, 0.29) is 35.7 Å². The number of rotatable bonds is 5. The fourth-order valence-electron chi connectivity index (χ4n) is 4.39. The average molecular weight is 443 g/mol. The largest absolute Gasteiger partial charge is 0.493 e. The Morgan fingerprint density at radius 3 is 2.52 bits per heavy atom. The van der Waals surface area contributed by atoms with Crippen molar-refractivity contribution in [3.8, 4) is 23.3 Å². The normalized spacial score (nSPS) is 22.5. The quantitative estimate of drug-likeness (QED) is 0.410. The summed E-state index contributed by atoms with van der Waals surface area (Å²) in [5.41, 5.74) is 7.47. The van der Waals surface area contributed by atoms with Gasteiger partial charge in [0.2, 0.25) is 0 Å². The lowest BCUT2D eigenvalue weighted by molar-refractivity contribution is -0.384. The van der Waals surface area contributed by atoms with Gasteiger partial charge in [-0.15, -0.1) is 12.4 Å². The summed E-state index contributed by atoms with van der Waals surface area (Å²) in [6.07, 6.45) is 6.23. The molecular weight excluding hydrogens is 416 g/mol. The third-order valence-corrected chi connectivity index (χ3v) is 6.04. The van der Waals surface area contributed by atoms with E-state index >= 15 is 0 Å². The number of nitrogens with zero attached hydrogens (tertiary/aromatic N) is 1. The van der Waals surface area contributed by atoms with Crippen molar-refractivity contribution in [2.75, 3.05) is 7.11 Å². The maximum Gasteiger partial charge on any atom is 0.270 e. The molecule has 31 heavy (non-hydrogen) atoms. The number of ether oxygens (including phenoxy) is 2. The van der Waals surface area contributed by atoms with Gasteiger partial charge in [0.25, 0.3) is 5.69 Å². The molecule has 164 valence electrons. The van der Waals surface area contributed by atoms with Crippen LogP contribution in [-0.4, -0.2) is 24.2 Å². The van der Waals surface area contributed by atoms with Crippen LogP contribution in [0.25, 0.3) is 0 Å². The number of halogens is 1. The molecule has 0 unspecified atom stereocenters. The van der Waals surface area contributed by atoms with E-state index in [2.05, 4.69) is 11.8 Å². The van der Waals surface area contributed by atoms with E-state index in [1.54, 1.807) is 19.2 Å². The predicted octanol–water partition coefficient (Wildman–Crippen LogP) is 4.76. The summed E-state index contributed by atoms with van der Waals surface area (Å²) >= 11 is 0. The molecule has 0 amide bonds. The second kappa shape index (κ2) is 9.59. The first-order valence-electron chi connectivity index (χ1n) is 10.4. The van der Waals surface area contributed by atoms with Gasteiger partial charge in [0, 0.05) is 23.7 Å². The Kier molecular flexibility index (Phi) is 7.09. The molecule has 0 saturated heterocycles. The summed E-state index contributed by atoms with van der Waals surface area (Å²) < 4.78 is 11.8. The van der Waals surface area contributed by atoms with Crippen LogP contribution in [-0.2, 0) is 5.41 Å². The lowest BCUT2D eigenvalue weighted by Gasteiger charge is -2.43. The third kappa shape index (κ3) is 4.95. The number of benzene rings is 2. The van der Waals surface area contributed by atoms with Crippen LogP contribution in [0.5, 0.6) is 11.5 Å². The van der Waals surface area contributed by atoms with Gasteiger partial charge in [-0.25, -0.2) is 0 Å². The summed E-state index contributed by atoms with van der Waals surface area (Å²) in [4.78, 5) is 10.6. The summed E-state index contributed by atoms with van der Waals surface area (Å²) in [5.74, 6) is 7.98. The Morgan fingerprint density at radius 2 is 1.87 bits per heavy atom. The molecule has 2 aromatic carbocycles. The first kappa shape index (κ1) is 22.9. The van der Waals surface area contributed by atoms with Crippen LogP contribution < -0.4 is 15.2 Å². The maximum atomic E-state index is 11.0. The summed E-state index contributed by atoms with van der Waals surface area (Å²) in [6.45, 7) is 0. The Bertz CT molecular complexity index is 1000. The van der Waals surface area contributed by atoms with E-state index in [0.717, 1.165) is 42.7 Å². The van der Waals surface area contributed by atoms with Gasteiger partial charge in [-0.3, -0.25) is 10.1 Å². The standard InChI is InChI=1S/C24H26N2O4.ClH/c1-29-22-10-9-18(14-23(22)30-21-7-2-3-8-21)24(15-19(25)16-24)12-11-17-5-4-6-20(13-17)26(27)28;/h4-6,9-10,13-14,19,21H,2-3,7-8,15-16,25H2,1H3;1H. The second-order valence-electron chi connectivity index (χ2n) is 8.20. The van der Waals surface area contributed by atoms with Gasteiger partial charge in [-0.1, -0.05) is 24.0 Å². The lowest BCUT2D eigenvalue weighted by Crippen LogP contribution is -2.48. The molecule has 7 heteroatoms. The molecule has 0 heterocycles. The van der Waals surface area contributed by atoms with Crippen LogP contribution in [0.3, 0.4) is 0 Å². The summed E-state index contributed by atoms with van der Waals surface area (Å²) in [7, 11) is 1.65. The first-order chi connectivity index (χ1) is 14.5. The van der Waals surface area contributed by atoms with Gasteiger partial charge in [0.05, 0.1) is 23.6 Å². The Balaban J connectivity index is 0.00000272. The molecule has 2 aliphatic carbocycles. The highest BCUT2D eigenvalue weighted by molar-refractivity contribution is 5.85. The molecule has 2 fully saturated rings. The Labute approximate surface area is 188 Å². The first-order valence-corrected chi connectivity index (χ1v) is 10.4. The topological polar surface area (TPSA) is 87.6 Å². The van der Waals surface area contributed by atoms with Gasteiger partial charge in [-0.2, -0.15) is 0 Å². The molecule has 0 radical (unpaired) electrons. The third-order valence-electron chi connectivity index (χ3n) is 6.04. The number of methoxy groups -OCH3 is 1. The minimum Gasteiger partial charge on any atom is -0.493 e. The van der Waals surface area contributed by atoms with Crippen molar-refractivity contribution in [3.05, 3.63) is 63.7 Å². The van der Waals surface area contributed by atoms with Gasteiger partial charge in [-0.05, 0) is 62.3 Å². The van der Waals surface area contributed by atoms with Crippen LogP contribution in [0, 0.1) is 22.0 Å². The molecule has 6 nitrogen and oxygen atoms in total. The second-order valence-corrected chi connectivity index (χ2v) is 8.20. The number of hydrogen-bond donors (Lipinski definition) is 1. The molecule has 2 aromatic rings. The van der Waals surface area contributed by atoms with E-state index < -0.39 is 4.92 Å². The number of nitrogens with two attached hydrogens (primary N) is 1. The SMILES string of the molecule is COc1ccc(C2(C#Cc3cccc([N+](=O)[O-])c3)CC(N)C2)cc1OC1CCCC1.Cl. The average Bonchev–Trinajstić information content (AvgIpc) is 3.23. The predicted molar refractivity (Wildman–Crippen MR) is 122 cm³/mol. The van der Waals surface area contributed by atoms with Crippen molar-refractivity contribution in [2.24, 2.45) is 5.73 Å². The Hall–Kier alpha value is -2.75. The highest BCUT2D eigenvalue weighted by Gasteiger charge is 2.43. The minimum atomic E-state index is -0.406. The molecule has 0 aliphatic heterocycles. The van der Waals surface area contributed by atoms with Gasteiger partial charge < -0.3 is 15.2 Å². The van der Waals surface area contributed by atoms with Gasteiger partial charge in [0.1, 0.15) is 0 Å². The van der Waals surface area contributed by atoms with Crippen molar-refractivity contribution in [1.82, 2.24) is 0 Å². The zero-order valence-electron chi connectivity index (χ0n) is 17.5. The number of nitro benzene ring substituents is 1. The van der Waals surface area contributed by atoms with Crippen LogP contribution in [0.4, 0.5) is 5.69 Å². The molecule has 2 saturated carbocycles. The molecule has 0 aromatic heterocycles. The van der Waals surface area contributed by atoms with Crippen molar-refractivity contribution < 1.29 is 14.4 Å². The number of hydrogen-bond acceptors (Lipinski definition) is 5. The van der Waals surface area contributed by atoms with E-state index in [4.69, 9.17) is 15.2 Å². The van der Waals surface area contributed by atoms with Crippen molar-refractivity contribution in [1.29, 1.82) is 0 Å². The fourth-order valence-corrected chi connectivity index (χ4v) is 4.39. The van der Waals surface area contributed by atoms with Crippen molar-refractivity contribution >= 4 is 18.1 Å².